The van der Waals surface area contributed by atoms with Gasteiger partial charge < -0.3 is 10.8 Å². The average Bonchev–Trinajstić information content (AvgIpc) is 2.44. The number of nitrogens with one attached hydrogen (secondary N) is 1. The van der Waals surface area contributed by atoms with Gasteiger partial charge in [-0.2, -0.15) is 0 Å². The standard InChI is InChI=1S/C17H16N2O/c18-17(19)15-11-10-14(12-16(15)20)9-5-4-8-13-6-2-1-3-7-13/h1-3,6-7,10-12,20H,4,8H2,(H3,18,19). The molecule has 0 unspecified atom stereocenters. The minimum atomic E-state index is -0.147. The molecule has 20 heavy (non-hydrogen) atoms. The SMILES string of the molecule is N=C(N)c1ccc(C#CCCc2ccccc2)cc1O. The predicted octanol–water partition coefficient (Wildman–Crippen LogP) is 2.66. The van der Waals surface area contributed by atoms with E-state index in [1.54, 1.807) is 12.1 Å². The summed E-state index contributed by atoms with van der Waals surface area (Å²) in [5, 5.41) is 17.0. The molecule has 0 aromatic heterocycles. The highest BCUT2D eigenvalue weighted by atomic mass is 16.3. The Balaban J connectivity index is 1.99. The number of hydrogen-bond acceptors (Lipinski definition) is 2. The quantitative estimate of drug-likeness (QED) is 0.453. The minimum absolute atomic E-state index is 0.00707. The Kier molecular flexibility index (Phi) is 4.41. The second kappa shape index (κ2) is 6.44. The van der Waals surface area contributed by atoms with Crippen LogP contribution in [0.2, 0.25) is 0 Å². The van der Waals surface area contributed by atoms with Crippen LogP contribution in [0.5, 0.6) is 5.75 Å². The zero-order valence-electron chi connectivity index (χ0n) is 11.1. The Labute approximate surface area is 118 Å². The van der Waals surface area contributed by atoms with Crippen molar-refractivity contribution >= 4 is 5.84 Å². The summed E-state index contributed by atoms with van der Waals surface area (Å²) in [5.74, 6) is 5.93. The average molecular weight is 264 g/mol. The van der Waals surface area contributed by atoms with Crippen LogP contribution in [0, 0.1) is 17.3 Å². The van der Waals surface area contributed by atoms with Gasteiger partial charge in [-0.1, -0.05) is 42.2 Å². The van der Waals surface area contributed by atoms with Crippen molar-refractivity contribution in [2.75, 3.05) is 0 Å². The smallest absolute Gasteiger partial charge is 0.127 e. The molecule has 0 spiro atoms. The summed E-state index contributed by atoms with van der Waals surface area (Å²) in [5.41, 5.74) is 7.65. The van der Waals surface area contributed by atoms with E-state index in [1.165, 1.54) is 11.6 Å². The topological polar surface area (TPSA) is 70.1 Å². The maximum absolute atomic E-state index is 9.71. The third kappa shape index (κ3) is 3.63. The van der Waals surface area contributed by atoms with Gasteiger partial charge in [0, 0.05) is 12.0 Å². The molecule has 0 atom stereocenters. The van der Waals surface area contributed by atoms with Gasteiger partial charge in [0.1, 0.15) is 11.6 Å². The molecule has 0 amide bonds. The number of phenolic OH excluding ortho intramolecular Hbond substituents is 1. The summed E-state index contributed by atoms with van der Waals surface area (Å²) in [6.07, 6.45) is 1.67. The highest BCUT2D eigenvalue weighted by Crippen LogP contribution is 2.17. The van der Waals surface area contributed by atoms with Gasteiger partial charge in [-0.05, 0) is 30.2 Å². The van der Waals surface area contributed by atoms with E-state index in [4.69, 9.17) is 11.1 Å². The van der Waals surface area contributed by atoms with Gasteiger partial charge in [-0.3, -0.25) is 5.41 Å². The fraction of sp³-hybridized carbons (Fsp3) is 0.118. The van der Waals surface area contributed by atoms with E-state index in [1.807, 2.05) is 18.2 Å². The van der Waals surface area contributed by atoms with Crippen LogP contribution in [0.25, 0.3) is 0 Å². The fourth-order valence-corrected chi connectivity index (χ4v) is 1.85. The molecular weight excluding hydrogens is 248 g/mol. The first-order chi connectivity index (χ1) is 9.66. The predicted molar refractivity (Wildman–Crippen MR) is 80.8 cm³/mol. The van der Waals surface area contributed by atoms with E-state index in [0.717, 1.165) is 18.4 Å². The number of benzene rings is 2. The molecule has 3 nitrogen and oxygen atoms in total. The van der Waals surface area contributed by atoms with Crippen molar-refractivity contribution in [3.8, 4) is 17.6 Å². The Morgan fingerprint density at radius 3 is 2.55 bits per heavy atom. The van der Waals surface area contributed by atoms with Crippen LogP contribution < -0.4 is 5.73 Å². The lowest BCUT2D eigenvalue weighted by atomic mass is 10.1. The first kappa shape index (κ1) is 13.7. The number of rotatable bonds is 3. The second-order valence-electron chi connectivity index (χ2n) is 4.43. The molecule has 4 N–H and O–H groups in total. The summed E-state index contributed by atoms with van der Waals surface area (Å²) < 4.78 is 0. The number of aromatic hydroxyl groups is 1. The van der Waals surface area contributed by atoms with E-state index >= 15 is 0 Å². The highest BCUT2D eigenvalue weighted by molar-refractivity contribution is 5.97. The third-order valence-electron chi connectivity index (χ3n) is 2.90. The van der Waals surface area contributed by atoms with Crippen LogP contribution in [0.1, 0.15) is 23.1 Å². The number of amidine groups is 1. The van der Waals surface area contributed by atoms with Crippen LogP contribution >= 0.6 is 0 Å². The molecule has 0 aliphatic rings. The van der Waals surface area contributed by atoms with Crippen molar-refractivity contribution in [2.24, 2.45) is 5.73 Å². The summed E-state index contributed by atoms with van der Waals surface area (Å²) in [4.78, 5) is 0. The summed E-state index contributed by atoms with van der Waals surface area (Å²) in [6.45, 7) is 0. The number of aryl methyl sites for hydroxylation is 1. The van der Waals surface area contributed by atoms with Crippen molar-refractivity contribution < 1.29 is 5.11 Å². The van der Waals surface area contributed by atoms with Gasteiger partial charge in [-0.25, -0.2) is 0 Å². The number of hydrogen-bond donors (Lipinski definition) is 3. The molecule has 0 bridgehead atoms. The monoisotopic (exact) mass is 264 g/mol. The van der Waals surface area contributed by atoms with Crippen LogP contribution in [-0.2, 0) is 6.42 Å². The van der Waals surface area contributed by atoms with Crippen LogP contribution in [0.4, 0.5) is 0 Å². The van der Waals surface area contributed by atoms with Gasteiger partial charge in [0.2, 0.25) is 0 Å². The normalized spacial score (nSPS) is 9.60. The number of nitrogens with two attached hydrogens (primary N) is 1. The summed E-state index contributed by atoms with van der Waals surface area (Å²) in [6, 6.07) is 15.1. The van der Waals surface area contributed by atoms with Crippen LogP contribution in [0.15, 0.2) is 48.5 Å². The molecule has 0 heterocycles. The first-order valence-corrected chi connectivity index (χ1v) is 6.37. The second-order valence-corrected chi connectivity index (χ2v) is 4.43. The molecule has 0 fully saturated rings. The van der Waals surface area contributed by atoms with Crippen LogP contribution in [0.3, 0.4) is 0 Å². The van der Waals surface area contributed by atoms with Crippen molar-refractivity contribution in [1.29, 1.82) is 5.41 Å². The van der Waals surface area contributed by atoms with Crippen molar-refractivity contribution in [3.63, 3.8) is 0 Å². The first-order valence-electron chi connectivity index (χ1n) is 6.37. The highest BCUT2D eigenvalue weighted by Gasteiger charge is 2.03. The molecule has 2 rings (SSSR count). The molecule has 100 valence electrons. The molecule has 0 radical (unpaired) electrons. The van der Waals surface area contributed by atoms with Crippen molar-refractivity contribution in [3.05, 3.63) is 65.2 Å². The molecule has 0 saturated carbocycles. The zero-order valence-corrected chi connectivity index (χ0v) is 11.1. The van der Waals surface area contributed by atoms with Crippen molar-refractivity contribution in [2.45, 2.75) is 12.8 Å². The lowest BCUT2D eigenvalue weighted by Crippen LogP contribution is -2.11. The van der Waals surface area contributed by atoms with Crippen molar-refractivity contribution in [1.82, 2.24) is 0 Å². The van der Waals surface area contributed by atoms with E-state index in [0.29, 0.717) is 5.56 Å². The van der Waals surface area contributed by atoms with E-state index in [-0.39, 0.29) is 11.6 Å². The number of phenols is 1. The molecule has 0 saturated heterocycles. The third-order valence-corrected chi connectivity index (χ3v) is 2.90. The summed E-state index contributed by atoms with van der Waals surface area (Å²) >= 11 is 0. The van der Waals surface area contributed by atoms with Gasteiger partial charge in [0.25, 0.3) is 0 Å². The fourth-order valence-electron chi connectivity index (χ4n) is 1.85. The maximum Gasteiger partial charge on any atom is 0.127 e. The minimum Gasteiger partial charge on any atom is -0.507 e. The molecule has 2 aromatic carbocycles. The largest absolute Gasteiger partial charge is 0.507 e. The van der Waals surface area contributed by atoms with Gasteiger partial charge in [-0.15, -0.1) is 0 Å². The lowest BCUT2D eigenvalue weighted by Gasteiger charge is -2.01. The Hall–Kier alpha value is -2.73. The molecular formula is C17H16N2O. The van der Waals surface area contributed by atoms with Gasteiger partial charge in [0.05, 0.1) is 5.56 Å². The lowest BCUT2D eigenvalue weighted by molar-refractivity contribution is 0.474. The van der Waals surface area contributed by atoms with E-state index in [2.05, 4.69) is 24.0 Å². The van der Waals surface area contributed by atoms with Gasteiger partial charge in [0.15, 0.2) is 0 Å². The van der Waals surface area contributed by atoms with Gasteiger partial charge >= 0.3 is 0 Å². The zero-order chi connectivity index (χ0) is 14.4. The number of nitrogen functional groups attached to an aromatic ring is 1. The Morgan fingerprint density at radius 2 is 1.90 bits per heavy atom. The summed E-state index contributed by atoms with van der Waals surface area (Å²) in [7, 11) is 0. The Bertz CT molecular complexity index is 666. The van der Waals surface area contributed by atoms with E-state index < -0.39 is 0 Å². The molecule has 0 aliphatic heterocycles. The Morgan fingerprint density at radius 1 is 1.15 bits per heavy atom. The molecule has 0 aliphatic carbocycles. The maximum atomic E-state index is 9.71. The molecule has 2 aromatic rings. The molecule has 3 heteroatoms. The van der Waals surface area contributed by atoms with E-state index in [9.17, 15) is 5.11 Å². The van der Waals surface area contributed by atoms with Crippen LogP contribution in [-0.4, -0.2) is 10.9 Å².